The summed E-state index contributed by atoms with van der Waals surface area (Å²) in [4.78, 5) is 75.8. The molecule has 0 aliphatic rings. The standard InChI is InChI=1S/C13H18O9.C3H4O4/c1-3-7(10(17)22-4-2)8(14)5-13(11(18)19,12(20)21)6-9(15)16;4-2(5)1-3(6)7/h7H,3-6H2,1-2H3,(H,15,16)(H,18,19)(H,20,21);1H2,(H,4,5)(H,6,7). The van der Waals surface area contributed by atoms with Crippen molar-refractivity contribution in [3.05, 3.63) is 0 Å². The number of rotatable bonds is 12. The molecule has 1 unspecified atom stereocenters. The van der Waals surface area contributed by atoms with Crippen LogP contribution in [0.1, 0.15) is 39.5 Å². The fourth-order valence-electron chi connectivity index (χ4n) is 2.03. The van der Waals surface area contributed by atoms with Crippen LogP contribution in [0, 0.1) is 11.3 Å². The highest BCUT2D eigenvalue weighted by Crippen LogP contribution is 2.30. The highest BCUT2D eigenvalue weighted by molar-refractivity contribution is 6.08. The molecule has 0 rings (SSSR count). The Hall–Kier alpha value is -3.51. The van der Waals surface area contributed by atoms with Crippen molar-refractivity contribution in [2.45, 2.75) is 39.5 Å². The molecule has 0 fully saturated rings. The third kappa shape index (κ3) is 9.83. The Morgan fingerprint density at radius 2 is 1.21 bits per heavy atom. The molecule has 0 spiro atoms. The number of ether oxygens (including phenoxy) is 1. The highest BCUT2D eigenvalue weighted by atomic mass is 16.5. The van der Waals surface area contributed by atoms with Gasteiger partial charge in [-0.2, -0.15) is 0 Å². The Kier molecular flexibility index (Phi) is 12.2. The molecule has 0 saturated heterocycles. The topological polar surface area (TPSA) is 230 Å². The average molecular weight is 422 g/mol. The van der Waals surface area contributed by atoms with Crippen LogP contribution in [0.25, 0.3) is 0 Å². The van der Waals surface area contributed by atoms with Gasteiger partial charge in [-0.1, -0.05) is 6.92 Å². The number of hydrogen-bond donors (Lipinski definition) is 5. The number of Topliss-reactive ketones (excluding diaryl/α,β-unsaturated/α-hetero) is 1. The Balaban J connectivity index is 0. The van der Waals surface area contributed by atoms with Crippen molar-refractivity contribution < 1.29 is 63.8 Å². The second-order valence-corrected chi connectivity index (χ2v) is 5.58. The highest BCUT2D eigenvalue weighted by Gasteiger charge is 2.51. The van der Waals surface area contributed by atoms with E-state index in [9.17, 15) is 33.6 Å². The molecule has 0 bridgehead atoms. The first-order valence-corrected chi connectivity index (χ1v) is 8.06. The Morgan fingerprint density at radius 3 is 1.45 bits per heavy atom. The minimum absolute atomic E-state index is 0.000737. The monoisotopic (exact) mass is 422 g/mol. The zero-order chi connectivity index (χ0) is 23.4. The number of carbonyl (C=O) groups is 7. The van der Waals surface area contributed by atoms with E-state index in [-0.39, 0.29) is 13.0 Å². The second kappa shape index (κ2) is 12.8. The molecule has 0 amide bonds. The van der Waals surface area contributed by atoms with Gasteiger partial charge in [-0.15, -0.1) is 0 Å². The fourth-order valence-corrected chi connectivity index (χ4v) is 2.03. The van der Waals surface area contributed by atoms with Crippen LogP contribution in [0.5, 0.6) is 0 Å². The van der Waals surface area contributed by atoms with Crippen LogP contribution >= 0.6 is 0 Å². The minimum Gasteiger partial charge on any atom is -0.481 e. The maximum absolute atomic E-state index is 12.1. The first kappa shape index (κ1) is 27.7. The lowest BCUT2D eigenvalue weighted by atomic mass is 9.77. The van der Waals surface area contributed by atoms with E-state index in [4.69, 9.17) is 25.5 Å². The molecule has 29 heavy (non-hydrogen) atoms. The second-order valence-electron chi connectivity index (χ2n) is 5.58. The van der Waals surface area contributed by atoms with Gasteiger partial charge in [0.2, 0.25) is 0 Å². The number of hydrogen-bond acceptors (Lipinski definition) is 8. The van der Waals surface area contributed by atoms with Gasteiger partial charge in [0.05, 0.1) is 13.0 Å². The van der Waals surface area contributed by atoms with Crippen LogP contribution in [0.2, 0.25) is 0 Å². The minimum atomic E-state index is -2.82. The van der Waals surface area contributed by atoms with Gasteiger partial charge in [-0.3, -0.25) is 33.6 Å². The van der Waals surface area contributed by atoms with E-state index >= 15 is 0 Å². The van der Waals surface area contributed by atoms with Crippen molar-refractivity contribution in [1.82, 2.24) is 0 Å². The van der Waals surface area contributed by atoms with Crippen molar-refractivity contribution in [2.24, 2.45) is 11.3 Å². The molecule has 13 heteroatoms. The maximum atomic E-state index is 12.1. The zero-order valence-electron chi connectivity index (χ0n) is 15.6. The third-order valence-electron chi connectivity index (χ3n) is 3.42. The summed E-state index contributed by atoms with van der Waals surface area (Å²) in [6.07, 6.45) is -3.20. The summed E-state index contributed by atoms with van der Waals surface area (Å²) < 4.78 is 4.66. The van der Waals surface area contributed by atoms with Gasteiger partial charge < -0.3 is 30.3 Å². The Labute approximate surface area is 163 Å². The molecule has 0 aliphatic heterocycles. The van der Waals surface area contributed by atoms with E-state index < -0.39 is 72.2 Å². The van der Waals surface area contributed by atoms with Gasteiger partial charge in [0, 0.05) is 6.42 Å². The van der Waals surface area contributed by atoms with E-state index in [1.54, 1.807) is 0 Å². The smallest absolute Gasteiger partial charge is 0.322 e. The van der Waals surface area contributed by atoms with Gasteiger partial charge in [-0.05, 0) is 13.3 Å². The van der Waals surface area contributed by atoms with Crippen LogP contribution in [0.15, 0.2) is 0 Å². The van der Waals surface area contributed by atoms with E-state index in [1.807, 2.05) is 0 Å². The van der Waals surface area contributed by atoms with Crippen LogP contribution in [-0.4, -0.2) is 73.7 Å². The molecule has 0 heterocycles. The molecule has 0 aliphatic carbocycles. The first-order chi connectivity index (χ1) is 13.2. The summed E-state index contributed by atoms with van der Waals surface area (Å²) in [7, 11) is 0. The van der Waals surface area contributed by atoms with Gasteiger partial charge in [0.25, 0.3) is 0 Å². The Bertz CT molecular complexity index is 638. The van der Waals surface area contributed by atoms with E-state index in [0.29, 0.717) is 0 Å². The molecule has 0 aromatic carbocycles. The van der Waals surface area contributed by atoms with Crippen molar-refractivity contribution >= 4 is 41.6 Å². The molecule has 5 N–H and O–H groups in total. The number of aliphatic carboxylic acids is 5. The number of ketones is 1. The summed E-state index contributed by atoms with van der Waals surface area (Å²) >= 11 is 0. The van der Waals surface area contributed by atoms with E-state index in [2.05, 4.69) is 4.74 Å². The lowest BCUT2D eigenvalue weighted by Gasteiger charge is -2.24. The number of carbonyl (C=O) groups excluding carboxylic acids is 2. The summed E-state index contributed by atoms with van der Waals surface area (Å²) in [6.45, 7) is 2.99. The lowest BCUT2D eigenvalue weighted by Crippen LogP contribution is -2.44. The van der Waals surface area contributed by atoms with E-state index in [0.717, 1.165) is 0 Å². The average Bonchev–Trinajstić information content (AvgIpc) is 2.53. The van der Waals surface area contributed by atoms with Crippen molar-refractivity contribution in [3.63, 3.8) is 0 Å². The first-order valence-electron chi connectivity index (χ1n) is 8.06. The zero-order valence-corrected chi connectivity index (χ0v) is 15.6. The quantitative estimate of drug-likeness (QED) is 0.201. The number of esters is 1. The fraction of sp³-hybridized carbons (Fsp3) is 0.562. The van der Waals surface area contributed by atoms with Crippen molar-refractivity contribution in [2.75, 3.05) is 6.61 Å². The van der Waals surface area contributed by atoms with Crippen LogP contribution in [0.3, 0.4) is 0 Å². The van der Waals surface area contributed by atoms with Crippen molar-refractivity contribution in [1.29, 1.82) is 0 Å². The van der Waals surface area contributed by atoms with Crippen LogP contribution < -0.4 is 0 Å². The van der Waals surface area contributed by atoms with Crippen LogP contribution in [-0.2, 0) is 38.3 Å². The molecule has 13 nitrogen and oxygen atoms in total. The molecule has 0 aromatic heterocycles. The summed E-state index contributed by atoms with van der Waals surface area (Å²) in [6, 6.07) is 0. The molecule has 0 radical (unpaired) electrons. The third-order valence-corrected chi connectivity index (χ3v) is 3.42. The molecular formula is C16H22O13. The molecular weight excluding hydrogens is 400 g/mol. The predicted octanol–water partition coefficient (Wildman–Crippen LogP) is -0.289. The molecule has 0 saturated carbocycles. The number of carboxylic acid groups (broad SMARTS) is 5. The molecule has 0 aromatic rings. The maximum Gasteiger partial charge on any atom is 0.322 e. The number of carboxylic acids is 5. The van der Waals surface area contributed by atoms with Crippen LogP contribution in [0.4, 0.5) is 0 Å². The van der Waals surface area contributed by atoms with Gasteiger partial charge in [0.15, 0.2) is 5.41 Å². The SMILES string of the molecule is CCOC(=O)C(CC)C(=O)CC(CC(=O)O)(C(=O)O)C(=O)O.O=C(O)CC(=O)O. The molecule has 164 valence electrons. The lowest BCUT2D eigenvalue weighted by molar-refractivity contribution is -0.172. The van der Waals surface area contributed by atoms with E-state index in [1.165, 1.54) is 13.8 Å². The van der Waals surface area contributed by atoms with Gasteiger partial charge >= 0.3 is 35.8 Å². The van der Waals surface area contributed by atoms with Crippen molar-refractivity contribution in [3.8, 4) is 0 Å². The summed E-state index contributed by atoms with van der Waals surface area (Å²) in [5.74, 6) is -11.4. The summed E-state index contributed by atoms with van der Waals surface area (Å²) in [5, 5.41) is 42.3. The Morgan fingerprint density at radius 1 is 0.759 bits per heavy atom. The van der Waals surface area contributed by atoms with Gasteiger partial charge in [0.1, 0.15) is 18.1 Å². The molecule has 1 atom stereocenters. The predicted molar refractivity (Wildman–Crippen MR) is 89.9 cm³/mol. The van der Waals surface area contributed by atoms with Gasteiger partial charge in [-0.25, -0.2) is 0 Å². The summed E-state index contributed by atoms with van der Waals surface area (Å²) in [5.41, 5.74) is -2.82. The normalized spacial score (nSPS) is 11.2. The largest absolute Gasteiger partial charge is 0.481 e.